The lowest BCUT2D eigenvalue weighted by Crippen LogP contribution is -2.13. The second-order valence-electron chi connectivity index (χ2n) is 5.97. The molecule has 0 aromatic heterocycles. The summed E-state index contributed by atoms with van der Waals surface area (Å²) < 4.78 is 10.5. The van der Waals surface area contributed by atoms with E-state index >= 15 is 0 Å². The molecule has 2 N–H and O–H groups in total. The Morgan fingerprint density at radius 2 is 2.12 bits per heavy atom. The lowest BCUT2D eigenvalue weighted by atomic mass is 9.96. The lowest BCUT2D eigenvalue weighted by Gasteiger charge is -2.11. The van der Waals surface area contributed by atoms with E-state index in [2.05, 4.69) is 5.32 Å². The Hall–Kier alpha value is -2.57. The van der Waals surface area contributed by atoms with Gasteiger partial charge in [-0.05, 0) is 42.3 Å². The van der Waals surface area contributed by atoms with Gasteiger partial charge >= 0.3 is 5.97 Å². The number of amides is 1. The van der Waals surface area contributed by atoms with Crippen LogP contribution in [0.4, 0.5) is 5.69 Å². The molecule has 0 bridgehead atoms. The van der Waals surface area contributed by atoms with Gasteiger partial charge in [0.25, 0.3) is 5.91 Å². The Balaban J connectivity index is 1.68. The summed E-state index contributed by atoms with van der Waals surface area (Å²) in [5, 5.41) is 11.6. The van der Waals surface area contributed by atoms with Gasteiger partial charge < -0.3 is 19.9 Å². The van der Waals surface area contributed by atoms with Gasteiger partial charge in [-0.1, -0.05) is 23.7 Å². The van der Waals surface area contributed by atoms with Crippen molar-refractivity contribution >= 4 is 29.2 Å². The average Bonchev–Trinajstić information content (AvgIpc) is 3.15. The molecule has 1 fully saturated rings. The fourth-order valence-corrected chi connectivity index (χ4v) is 3.00. The molecule has 1 heterocycles. The van der Waals surface area contributed by atoms with Crippen molar-refractivity contribution in [2.75, 3.05) is 25.1 Å². The number of hydrogen-bond acceptors (Lipinski definition) is 4. The smallest absolute Gasteiger partial charge is 0.341 e. The van der Waals surface area contributed by atoms with Crippen LogP contribution in [0.2, 0.25) is 5.02 Å². The highest BCUT2D eigenvalue weighted by molar-refractivity contribution is 6.32. The molecule has 0 saturated carbocycles. The molecule has 0 aliphatic carbocycles. The van der Waals surface area contributed by atoms with Crippen LogP contribution in [0.25, 0.3) is 0 Å². The maximum Gasteiger partial charge on any atom is 0.341 e. The topological polar surface area (TPSA) is 84.9 Å². The third-order valence-corrected chi connectivity index (χ3v) is 4.39. The van der Waals surface area contributed by atoms with E-state index in [1.54, 1.807) is 12.1 Å². The number of benzene rings is 2. The summed E-state index contributed by atoms with van der Waals surface area (Å²) in [6, 6.07) is 12.1. The van der Waals surface area contributed by atoms with Crippen molar-refractivity contribution in [3.05, 3.63) is 58.6 Å². The molecular formula is C19H18ClNO5. The van der Waals surface area contributed by atoms with Crippen LogP contribution in [0.5, 0.6) is 5.75 Å². The van der Waals surface area contributed by atoms with Gasteiger partial charge in [0.2, 0.25) is 0 Å². The zero-order chi connectivity index (χ0) is 18.5. The molecule has 1 aliphatic rings. The first kappa shape index (κ1) is 18.2. The molecule has 26 heavy (non-hydrogen) atoms. The monoisotopic (exact) mass is 375 g/mol. The molecular weight excluding hydrogens is 358 g/mol. The highest BCUT2D eigenvalue weighted by Gasteiger charge is 2.19. The molecule has 1 saturated heterocycles. The minimum Gasteiger partial charge on any atom is -0.480 e. The van der Waals surface area contributed by atoms with Crippen LogP contribution in [0, 0.1) is 0 Å². The van der Waals surface area contributed by atoms with Gasteiger partial charge in [-0.3, -0.25) is 4.79 Å². The normalized spacial score (nSPS) is 16.3. The number of rotatable bonds is 6. The lowest BCUT2D eigenvalue weighted by molar-refractivity contribution is -0.139. The first-order chi connectivity index (χ1) is 12.5. The number of ether oxygens (including phenoxy) is 2. The van der Waals surface area contributed by atoms with E-state index in [0.717, 1.165) is 18.6 Å². The van der Waals surface area contributed by atoms with Crippen molar-refractivity contribution in [2.24, 2.45) is 0 Å². The number of aliphatic carboxylic acids is 1. The Morgan fingerprint density at radius 3 is 2.81 bits per heavy atom. The zero-order valence-electron chi connectivity index (χ0n) is 13.9. The molecule has 3 rings (SSSR count). The first-order valence-corrected chi connectivity index (χ1v) is 8.54. The Labute approximate surface area is 155 Å². The van der Waals surface area contributed by atoms with Crippen molar-refractivity contribution in [3.63, 3.8) is 0 Å². The SMILES string of the molecule is O=C(O)COc1ccc(NC(=O)c2cccc(C3CCOC3)c2)cc1Cl. The third kappa shape index (κ3) is 4.53. The third-order valence-electron chi connectivity index (χ3n) is 4.09. The van der Waals surface area contributed by atoms with Crippen molar-refractivity contribution in [1.82, 2.24) is 0 Å². The number of carbonyl (C=O) groups is 2. The van der Waals surface area contributed by atoms with E-state index in [1.807, 2.05) is 18.2 Å². The standard InChI is InChI=1S/C19H18ClNO5/c20-16-9-15(4-5-17(16)26-11-18(22)23)21-19(24)13-3-1-2-12(8-13)14-6-7-25-10-14/h1-5,8-9,14H,6-7,10-11H2,(H,21,24)(H,22,23). The average molecular weight is 376 g/mol. The predicted octanol–water partition coefficient (Wildman–Crippen LogP) is 3.56. The largest absolute Gasteiger partial charge is 0.480 e. The molecule has 2 aromatic rings. The van der Waals surface area contributed by atoms with Gasteiger partial charge in [-0.2, -0.15) is 0 Å². The summed E-state index contributed by atoms with van der Waals surface area (Å²) in [5.74, 6) is -0.773. The summed E-state index contributed by atoms with van der Waals surface area (Å²) >= 11 is 6.07. The fraction of sp³-hybridized carbons (Fsp3) is 0.263. The predicted molar refractivity (Wildman–Crippen MR) is 97.2 cm³/mol. The molecule has 0 radical (unpaired) electrons. The fourth-order valence-electron chi connectivity index (χ4n) is 2.77. The van der Waals surface area contributed by atoms with Crippen LogP contribution >= 0.6 is 11.6 Å². The summed E-state index contributed by atoms with van der Waals surface area (Å²) in [7, 11) is 0. The number of hydrogen-bond donors (Lipinski definition) is 2. The molecule has 7 heteroatoms. The Kier molecular flexibility index (Phi) is 5.75. The molecule has 1 amide bonds. The summed E-state index contributed by atoms with van der Waals surface area (Å²) in [5.41, 5.74) is 2.14. The van der Waals surface area contributed by atoms with Crippen LogP contribution in [0.3, 0.4) is 0 Å². The van der Waals surface area contributed by atoms with Crippen molar-refractivity contribution in [1.29, 1.82) is 0 Å². The molecule has 6 nitrogen and oxygen atoms in total. The molecule has 136 valence electrons. The maximum atomic E-state index is 12.5. The minimum absolute atomic E-state index is 0.223. The summed E-state index contributed by atoms with van der Waals surface area (Å²) in [4.78, 5) is 23.0. The van der Waals surface area contributed by atoms with Crippen LogP contribution in [-0.2, 0) is 9.53 Å². The van der Waals surface area contributed by atoms with E-state index in [4.69, 9.17) is 26.2 Å². The van der Waals surface area contributed by atoms with Gasteiger partial charge in [0, 0.05) is 23.8 Å². The number of carboxylic acid groups (broad SMARTS) is 1. The Bertz CT molecular complexity index is 817. The van der Waals surface area contributed by atoms with E-state index in [1.165, 1.54) is 12.1 Å². The van der Waals surface area contributed by atoms with E-state index in [0.29, 0.717) is 23.8 Å². The molecule has 1 atom stereocenters. The molecule has 1 aliphatic heterocycles. The summed E-state index contributed by atoms with van der Waals surface area (Å²) in [6.07, 6.45) is 0.957. The highest BCUT2D eigenvalue weighted by Crippen LogP contribution is 2.29. The van der Waals surface area contributed by atoms with Crippen molar-refractivity contribution in [2.45, 2.75) is 12.3 Å². The second-order valence-corrected chi connectivity index (χ2v) is 6.37. The maximum absolute atomic E-state index is 12.5. The zero-order valence-corrected chi connectivity index (χ0v) is 14.7. The van der Waals surface area contributed by atoms with E-state index in [-0.39, 0.29) is 16.7 Å². The number of carboxylic acids is 1. The second kappa shape index (κ2) is 8.21. The molecule has 0 spiro atoms. The van der Waals surface area contributed by atoms with Gasteiger partial charge in [0.1, 0.15) is 5.75 Å². The number of halogens is 1. The molecule has 1 unspecified atom stereocenters. The molecule has 2 aromatic carbocycles. The minimum atomic E-state index is -1.09. The van der Waals surface area contributed by atoms with Gasteiger partial charge in [-0.25, -0.2) is 4.79 Å². The van der Waals surface area contributed by atoms with Crippen molar-refractivity contribution in [3.8, 4) is 5.75 Å². The van der Waals surface area contributed by atoms with Gasteiger partial charge in [0.15, 0.2) is 6.61 Å². The van der Waals surface area contributed by atoms with Gasteiger partial charge in [0.05, 0.1) is 11.6 Å². The van der Waals surface area contributed by atoms with Crippen LogP contribution in [-0.4, -0.2) is 36.8 Å². The van der Waals surface area contributed by atoms with Crippen molar-refractivity contribution < 1.29 is 24.2 Å². The first-order valence-electron chi connectivity index (χ1n) is 8.16. The van der Waals surface area contributed by atoms with E-state index < -0.39 is 12.6 Å². The van der Waals surface area contributed by atoms with Gasteiger partial charge in [-0.15, -0.1) is 0 Å². The summed E-state index contributed by atoms with van der Waals surface area (Å²) in [6.45, 7) is 0.942. The number of anilines is 1. The highest BCUT2D eigenvalue weighted by atomic mass is 35.5. The van der Waals surface area contributed by atoms with E-state index in [9.17, 15) is 9.59 Å². The Morgan fingerprint density at radius 1 is 1.27 bits per heavy atom. The van der Waals surface area contributed by atoms with Crippen LogP contribution in [0.15, 0.2) is 42.5 Å². The quantitative estimate of drug-likeness (QED) is 0.806. The number of carbonyl (C=O) groups excluding carboxylic acids is 1. The number of nitrogens with one attached hydrogen (secondary N) is 1. The van der Waals surface area contributed by atoms with Crippen LogP contribution in [0.1, 0.15) is 28.3 Å². The van der Waals surface area contributed by atoms with Crippen LogP contribution < -0.4 is 10.1 Å².